The Balaban J connectivity index is 2.33. The third kappa shape index (κ3) is 2.53. The van der Waals surface area contributed by atoms with Crippen LogP contribution in [0.15, 0.2) is 18.2 Å². The minimum atomic E-state index is -0.929. The SMILES string of the molecule is CN1CCN(c2c(Cl)cccc2C(=O)O)CC1. The van der Waals surface area contributed by atoms with Crippen molar-refractivity contribution in [2.75, 3.05) is 38.1 Å². The quantitative estimate of drug-likeness (QED) is 0.874. The smallest absolute Gasteiger partial charge is 0.337 e. The van der Waals surface area contributed by atoms with Gasteiger partial charge in [0, 0.05) is 26.2 Å². The fourth-order valence-electron chi connectivity index (χ4n) is 2.04. The maximum absolute atomic E-state index is 11.2. The molecule has 2 rings (SSSR count). The van der Waals surface area contributed by atoms with Gasteiger partial charge in [0.25, 0.3) is 0 Å². The van der Waals surface area contributed by atoms with Crippen LogP contribution in [-0.2, 0) is 0 Å². The van der Waals surface area contributed by atoms with Crippen molar-refractivity contribution in [1.82, 2.24) is 4.90 Å². The number of nitrogens with zero attached hydrogens (tertiary/aromatic N) is 2. The summed E-state index contributed by atoms with van der Waals surface area (Å²) in [5, 5.41) is 9.69. The van der Waals surface area contributed by atoms with Gasteiger partial charge in [-0.2, -0.15) is 0 Å². The number of para-hydroxylation sites is 1. The number of carboxylic acids is 1. The molecule has 1 saturated heterocycles. The standard InChI is InChI=1S/C12H15ClN2O2/c1-14-5-7-15(8-6-14)11-9(12(16)17)3-2-4-10(11)13/h2-4H,5-8H2,1H3,(H,16,17). The Morgan fingerprint density at radius 1 is 1.29 bits per heavy atom. The molecule has 17 heavy (non-hydrogen) atoms. The number of carboxylic acid groups (broad SMARTS) is 1. The van der Waals surface area contributed by atoms with E-state index in [0.29, 0.717) is 10.7 Å². The van der Waals surface area contributed by atoms with E-state index in [0.717, 1.165) is 26.2 Å². The molecule has 1 aromatic carbocycles. The van der Waals surface area contributed by atoms with Gasteiger partial charge in [-0.05, 0) is 19.2 Å². The van der Waals surface area contributed by atoms with E-state index in [4.69, 9.17) is 11.6 Å². The molecule has 1 N–H and O–H groups in total. The number of hydrogen-bond acceptors (Lipinski definition) is 3. The van der Waals surface area contributed by atoms with Crippen molar-refractivity contribution < 1.29 is 9.90 Å². The Labute approximate surface area is 105 Å². The van der Waals surface area contributed by atoms with Gasteiger partial charge in [-0.25, -0.2) is 4.79 Å². The van der Waals surface area contributed by atoms with Crippen molar-refractivity contribution in [2.45, 2.75) is 0 Å². The molecule has 4 nitrogen and oxygen atoms in total. The van der Waals surface area contributed by atoms with E-state index in [1.54, 1.807) is 18.2 Å². The van der Waals surface area contributed by atoms with Gasteiger partial charge in [0.15, 0.2) is 0 Å². The zero-order valence-corrected chi connectivity index (χ0v) is 10.4. The Hall–Kier alpha value is -1.26. The fourth-order valence-corrected chi connectivity index (χ4v) is 2.33. The summed E-state index contributed by atoms with van der Waals surface area (Å²) < 4.78 is 0. The van der Waals surface area contributed by atoms with Crippen molar-refractivity contribution >= 4 is 23.3 Å². The number of likely N-dealkylation sites (N-methyl/N-ethyl adjacent to an activating group) is 1. The van der Waals surface area contributed by atoms with E-state index < -0.39 is 5.97 Å². The Bertz CT molecular complexity index is 429. The van der Waals surface area contributed by atoms with Crippen LogP contribution < -0.4 is 4.90 Å². The highest BCUT2D eigenvalue weighted by Gasteiger charge is 2.21. The summed E-state index contributed by atoms with van der Waals surface area (Å²) in [7, 11) is 2.06. The fraction of sp³-hybridized carbons (Fsp3) is 0.417. The van der Waals surface area contributed by atoms with E-state index in [2.05, 4.69) is 11.9 Å². The van der Waals surface area contributed by atoms with E-state index in [1.165, 1.54) is 0 Å². The van der Waals surface area contributed by atoms with Crippen LogP contribution in [0.2, 0.25) is 5.02 Å². The van der Waals surface area contributed by atoms with E-state index in [-0.39, 0.29) is 5.56 Å². The second-order valence-electron chi connectivity index (χ2n) is 4.23. The summed E-state index contributed by atoms with van der Waals surface area (Å²) in [6.07, 6.45) is 0. The molecule has 0 spiro atoms. The van der Waals surface area contributed by atoms with Gasteiger partial charge in [-0.1, -0.05) is 17.7 Å². The van der Waals surface area contributed by atoms with Crippen molar-refractivity contribution in [3.05, 3.63) is 28.8 Å². The van der Waals surface area contributed by atoms with Gasteiger partial charge in [0.05, 0.1) is 16.3 Å². The topological polar surface area (TPSA) is 43.8 Å². The van der Waals surface area contributed by atoms with Crippen LogP contribution in [-0.4, -0.2) is 49.2 Å². The van der Waals surface area contributed by atoms with Gasteiger partial charge in [-0.3, -0.25) is 0 Å². The van der Waals surface area contributed by atoms with Gasteiger partial charge in [-0.15, -0.1) is 0 Å². The summed E-state index contributed by atoms with van der Waals surface area (Å²) >= 11 is 6.12. The van der Waals surface area contributed by atoms with Crippen LogP contribution in [0.3, 0.4) is 0 Å². The molecule has 0 amide bonds. The first-order valence-corrected chi connectivity index (χ1v) is 5.92. The summed E-state index contributed by atoms with van der Waals surface area (Å²) in [5.41, 5.74) is 0.928. The van der Waals surface area contributed by atoms with Gasteiger partial charge in [0.2, 0.25) is 0 Å². The lowest BCUT2D eigenvalue weighted by Crippen LogP contribution is -2.45. The van der Waals surface area contributed by atoms with Crippen LogP contribution in [0.5, 0.6) is 0 Å². The number of halogens is 1. The Morgan fingerprint density at radius 3 is 2.53 bits per heavy atom. The number of benzene rings is 1. The lowest BCUT2D eigenvalue weighted by Gasteiger charge is -2.35. The molecule has 0 radical (unpaired) electrons. The third-order valence-corrected chi connectivity index (χ3v) is 3.34. The molecule has 1 aliphatic rings. The monoisotopic (exact) mass is 254 g/mol. The summed E-state index contributed by atoms with van der Waals surface area (Å²) in [6, 6.07) is 5.01. The first kappa shape index (κ1) is 12.2. The van der Waals surface area contributed by atoms with Crippen molar-refractivity contribution in [3.63, 3.8) is 0 Å². The van der Waals surface area contributed by atoms with Crippen LogP contribution in [0.25, 0.3) is 0 Å². The largest absolute Gasteiger partial charge is 0.478 e. The molecular formula is C12H15ClN2O2. The maximum atomic E-state index is 11.2. The molecule has 0 bridgehead atoms. The number of aromatic carboxylic acids is 1. The van der Waals surface area contributed by atoms with Gasteiger partial charge >= 0.3 is 5.97 Å². The third-order valence-electron chi connectivity index (χ3n) is 3.04. The molecule has 1 heterocycles. The van der Waals surface area contributed by atoms with Crippen LogP contribution in [0.1, 0.15) is 10.4 Å². The molecule has 0 atom stereocenters. The number of piperazine rings is 1. The normalized spacial score (nSPS) is 17.2. The highest BCUT2D eigenvalue weighted by Crippen LogP contribution is 2.30. The van der Waals surface area contributed by atoms with E-state index >= 15 is 0 Å². The lowest BCUT2D eigenvalue weighted by atomic mass is 10.1. The molecule has 92 valence electrons. The minimum Gasteiger partial charge on any atom is -0.478 e. The molecule has 0 aromatic heterocycles. The van der Waals surface area contributed by atoms with Crippen molar-refractivity contribution in [1.29, 1.82) is 0 Å². The molecule has 1 aromatic rings. The van der Waals surface area contributed by atoms with E-state index in [1.807, 2.05) is 4.90 Å². The molecule has 1 fully saturated rings. The summed E-state index contributed by atoms with van der Waals surface area (Å²) in [4.78, 5) is 15.4. The highest BCUT2D eigenvalue weighted by molar-refractivity contribution is 6.34. The van der Waals surface area contributed by atoms with Crippen molar-refractivity contribution in [2.24, 2.45) is 0 Å². The van der Waals surface area contributed by atoms with Crippen LogP contribution >= 0.6 is 11.6 Å². The minimum absolute atomic E-state index is 0.280. The molecule has 1 aliphatic heterocycles. The van der Waals surface area contributed by atoms with Gasteiger partial charge < -0.3 is 14.9 Å². The highest BCUT2D eigenvalue weighted by atomic mass is 35.5. The molecule has 0 aliphatic carbocycles. The van der Waals surface area contributed by atoms with Crippen LogP contribution in [0, 0.1) is 0 Å². The molecule has 0 saturated carbocycles. The number of anilines is 1. The second kappa shape index (κ2) is 4.94. The predicted molar refractivity (Wildman–Crippen MR) is 68.1 cm³/mol. The molecule has 0 unspecified atom stereocenters. The lowest BCUT2D eigenvalue weighted by molar-refractivity contribution is 0.0697. The number of hydrogen-bond donors (Lipinski definition) is 1. The zero-order valence-electron chi connectivity index (χ0n) is 9.69. The zero-order chi connectivity index (χ0) is 12.4. The molecule has 5 heteroatoms. The molecular weight excluding hydrogens is 240 g/mol. The first-order chi connectivity index (χ1) is 8.09. The summed E-state index contributed by atoms with van der Waals surface area (Å²) in [6.45, 7) is 3.45. The van der Waals surface area contributed by atoms with Crippen molar-refractivity contribution in [3.8, 4) is 0 Å². The van der Waals surface area contributed by atoms with E-state index in [9.17, 15) is 9.90 Å². The summed E-state index contributed by atoms with van der Waals surface area (Å²) in [5.74, 6) is -0.929. The Morgan fingerprint density at radius 2 is 1.94 bits per heavy atom. The second-order valence-corrected chi connectivity index (χ2v) is 4.64. The number of carbonyl (C=O) groups is 1. The average molecular weight is 255 g/mol. The Kier molecular flexibility index (Phi) is 3.54. The first-order valence-electron chi connectivity index (χ1n) is 5.55. The predicted octanol–water partition coefficient (Wildman–Crippen LogP) is 1.79. The maximum Gasteiger partial charge on any atom is 0.337 e. The van der Waals surface area contributed by atoms with Crippen LogP contribution in [0.4, 0.5) is 5.69 Å². The number of rotatable bonds is 2. The average Bonchev–Trinajstić information content (AvgIpc) is 2.30. The van der Waals surface area contributed by atoms with Gasteiger partial charge in [0.1, 0.15) is 0 Å².